The lowest BCUT2D eigenvalue weighted by molar-refractivity contribution is -0.124. The van der Waals surface area contributed by atoms with Gasteiger partial charge in [-0.1, -0.05) is 6.92 Å². The summed E-state index contributed by atoms with van der Waals surface area (Å²) in [5, 5.41) is 11.9. The van der Waals surface area contributed by atoms with Crippen LogP contribution in [0.4, 0.5) is 5.69 Å². The molecule has 1 aromatic rings. The number of amides is 2. The fourth-order valence-electron chi connectivity index (χ4n) is 1.76. The third kappa shape index (κ3) is 3.61. The number of benzene rings is 1. The van der Waals surface area contributed by atoms with Crippen LogP contribution in [-0.4, -0.2) is 42.5 Å². The molecule has 1 unspecified atom stereocenters. The Morgan fingerprint density at radius 1 is 1.47 bits per heavy atom. The van der Waals surface area contributed by atoms with Crippen LogP contribution in [0.1, 0.15) is 17.3 Å². The Hall–Kier alpha value is -2.24. The summed E-state index contributed by atoms with van der Waals surface area (Å²) >= 11 is 0. The zero-order chi connectivity index (χ0) is 14.6. The van der Waals surface area contributed by atoms with Crippen LogP contribution in [0.15, 0.2) is 18.2 Å². The zero-order valence-electron chi connectivity index (χ0n) is 11.3. The molecule has 0 fully saturated rings. The molecule has 0 spiro atoms. The van der Waals surface area contributed by atoms with Crippen molar-refractivity contribution in [1.82, 2.24) is 10.2 Å². The standard InChI is InChI=1S/C13H19N3O3/c1-8(12(18)15-2)7-16(3)13(19)10-6-9(17)4-5-11(10)14/h4-6,8,17H,7,14H2,1-3H3,(H,15,18). The lowest BCUT2D eigenvalue weighted by Crippen LogP contribution is -2.37. The molecule has 104 valence electrons. The molecule has 0 aromatic heterocycles. The summed E-state index contributed by atoms with van der Waals surface area (Å²) in [7, 11) is 3.14. The van der Waals surface area contributed by atoms with Crippen molar-refractivity contribution in [3.05, 3.63) is 23.8 Å². The summed E-state index contributed by atoms with van der Waals surface area (Å²) < 4.78 is 0. The number of nitrogen functional groups attached to an aromatic ring is 1. The Labute approximate surface area is 112 Å². The highest BCUT2D eigenvalue weighted by Crippen LogP contribution is 2.20. The van der Waals surface area contributed by atoms with E-state index in [1.54, 1.807) is 21.0 Å². The molecule has 6 heteroatoms. The van der Waals surface area contributed by atoms with E-state index in [0.717, 1.165) is 0 Å². The van der Waals surface area contributed by atoms with E-state index in [2.05, 4.69) is 5.32 Å². The highest BCUT2D eigenvalue weighted by molar-refractivity contribution is 5.99. The molecule has 0 saturated heterocycles. The quantitative estimate of drug-likeness (QED) is 0.543. The molecule has 0 aliphatic rings. The normalized spacial score (nSPS) is 11.7. The molecule has 4 N–H and O–H groups in total. The summed E-state index contributed by atoms with van der Waals surface area (Å²) in [5.74, 6) is -0.810. The number of phenolic OH excluding ortho intramolecular Hbond substituents is 1. The second-order valence-corrected chi connectivity index (χ2v) is 4.47. The number of carbonyl (C=O) groups excluding carboxylic acids is 2. The third-order valence-electron chi connectivity index (χ3n) is 2.86. The number of hydrogen-bond donors (Lipinski definition) is 3. The van der Waals surface area contributed by atoms with Gasteiger partial charge in [0.15, 0.2) is 0 Å². The van der Waals surface area contributed by atoms with E-state index < -0.39 is 0 Å². The van der Waals surface area contributed by atoms with Gasteiger partial charge in [0.05, 0.1) is 11.5 Å². The number of nitrogens with two attached hydrogens (primary N) is 1. The number of phenols is 1. The van der Waals surface area contributed by atoms with Gasteiger partial charge in [-0.2, -0.15) is 0 Å². The maximum atomic E-state index is 12.2. The van der Waals surface area contributed by atoms with Gasteiger partial charge in [-0.3, -0.25) is 9.59 Å². The molecule has 2 amide bonds. The van der Waals surface area contributed by atoms with Crippen molar-refractivity contribution in [2.75, 3.05) is 26.4 Å². The van der Waals surface area contributed by atoms with Gasteiger partial charge in [0.2, 0.25) is 5.91 Å². The zero-order valence-corrected chi connectivity index (χ0v) is 11.3. The first-order valence-electron chi connectivity index (χ1n) is 5.92. The average Bonchev–Trinajstić information content (AvgIpc) is 2.39. The Morgan fingerprint density at radius 2 is 2.11 bits per heavy atom. The number of hydrogen-bond acceptors (Lipinski definition) is 4. The fraction of sp³-hybridized carbons (Fsp3) is 0.385. The minimum absolute atomic E-state index is 0.0229. The first-order chi connectivity index (χ1) is 8.86. The van der Waals surface area contributed by atoms with Gasteiger partial charge in [-0.15, -0.1) is 0 Å². The van der Waals surface area contributed by atoms with E-state index in [1.807, 2.05) is 0 Å². The van der Waals surface area contributed by atoms with Crippen LogP contribution >= 0.6 is 0 Å². The van der Waals surface area contributed by atoms with Gasteiger partial charge < -0.3 is 21.1 Å². The SMILES string of the molecule is CNC(=O)C(C)CN(C)C(=O)c1cc(O)ccc1N. The van der Waals surface area contributed by atoms with Crippen molar-refractivity contribution in [3.8, 4) is 5.75 Å². The van der Waals surface area contributed by atoms with Crippen molar-refractivity contribution in [3.63, 3.8) is 0 Å². The smallest absolute Gasteiger partial charge is 0.255 e. The second-order valence-electron chi connectivity index (χ2n) is 4.47. The van der Waals surface area contributed by atoms with E-state index in [1.165, 1.54) is 23.1 Å². The molecular weight excluding hydrogens is 246 g/mol. The van der Waals surface area contributed by atoms with Crippen LogP contribution in [0.2, 0.25) is 0 Å². The van der Waals surface area contributed by atoms with E-state index in [0.29, 0.717) is 5.69 Å². The number of nitrogens with zero attached hydrogens (tertiary/aromatic N) is 1. The van der Waals surface area contributed by atoms with Crippen LogP contribution in [0.25, 0.3) is 0 Å². The summed E-state index contributed by atoms with van der Waals surface area (Å²) in [4.78, 5) is 25.0. The van der Waals surface area contributed by atoms with Crippen molar-refractivity contribution in [2.45, 2.75) is 6.92 Å². The Balaban J connectivity index is 2.82. The first-order valence-corrected chi connectivity index (χ1v) is 5.92. The minimum atomic E-state index is -0.329. The van der Waals surface area contributed by atoms with Crippen LogP contribution in [-0.2, 0) is 4.79 Å². The maximum Gasteiger partial charge on any atom is 0.255 e. The molecule has 19 heavy (non-hydrogen) atoms. The van der Waals surface area contributed by atoms with Gasteiger partial charge in [-0.25, -0.2) is 0 Å². The number of anilines is 1. The Kier molecular flexibility index (Phi) is 4.74. The van der Waals surface area contributed by atoms with Crippen LogP contribution in [0.3, 0.4) is 0 Å². The van der Waals surface area contributed by atoms with E-state index >= 15 is 0 Å². The molecule has 1 atom stereocenters. The lowest BCUT2D eigenvalue weighted by Gasteiger charge is -2.21. The number of rotatable bonds is 4. The molecule has 1 aromatic carbocycles. The van der Waals surface area contributed by atoms with Gasteiger partial charge in [0, 0.05) is 26.3 Å². The first kappa shape index (κ1) is 14.8. The second kappa shape index (κ2) is 6.08. The largest absolute Gasteiger partial charge is 0.508 e. The molecule has 0 radical (unpaired) electrons. The summed E-state index contributed by atoms with van der Waals surface area (Å²) in [6.45, 7) is 2.00. The van der Waals surface area contributed by atoms with Crippen molar-refractivity contribution in [1.29, 1.82) is 0 Å². The molecule has 1 rings (SSSR count). The summed E-state index contributed by atoms with van der Waals surface area (Å²) in [6.07, 6.45) is 0. The number of aromatic hydroxyl groups is 1. The number of carbonyl (C=O) groups is 2. The number of nitrogens with one attached hydrogen (secondary N) is 1. The minimum Gasteiger partial charge on any atom is -0.508 e. The lowest BCUT2D eigenvalue weighted by atomic mass is 10.1. The van der Waals surface area contributed by atoms with E-state index in [-0.39, 0.29) is 35.6 Å². The predicted molar refractivity (Wildman–Crippen MR) is 72.7 cm³/mol. The Bertz CT molecular complexity index is 488. The van der Waals surface area contributed by atoms with Gasteiger partial charge in [-0.05, 0) is 18.2 Å². The van der Waals surface area contributed by atoms with Gasteiger partial charge >= 0.3 is 0 Å². The topological polar surface area (TPSA) is 95.7 Å². The van der Waals surface area contributed by atoms with Crippen molar-refractivity contribution < 1.29 is 14.7 Å². The van der Waals surface area contributed by atoms with Gasteiger partial charge in [0.1, 0.15) is 5.75 Å². The third-order valence-corrected chi connectivity index (χ3v) is 2.86. The average molecular weight is 265 g/mol. The van der Waals surface area contributed by atoms with E-state index in [9.17, 15) is 14.7 Å². The fourth-order valence-corrected chi connectivity index (χ4v) is 1.76. The summed E-state index contributed by atoms with van der Waals surface area (Å²) in [6, 6.07) is 4.20. The van der Waals surface area contributed by atoms with Crippen LogP contribution in [0.5, 0.6) is 5.75 Å². The molecule has 0 bridgehead atoms. The molecule has 0 aliphatic heterocycles. The van der Waals surface area contributed by atoms with Crippen molar-refractivity contribution in [2.24, 2.45) is 5.92 Å². The van der Waals surface area contributed by atoms with Crippen LogP contribution < -0.4 is 11.1 Å². The molecule has 6 nitrogen and oxygen atoms in total. The molecule has 0 saturated carbocycles. The van der Waals surface area contributed by atoms with Gasteiger partial charge in [0.25, 0.3) is 5.91 Å². The summed E-state index contributed by atoms with van der Waals surface area (Å²) in [5.41, 5.74) is 6.23. The monoisotopic (exact) mass is 265 g/mol. The Morgan fingerprint density at radius 3 is 2.68 bits per heavy atom. The van der Waals surface area contributed by atoms with Crippen molar-refractivity contribution >= 4 is 17.5 Å². The molecule has 0 aliphatic carbocycles. The van der Waals surface area contributed by atoms with Crippen LogP contribution in [0, 0.1) is 5.92 Å². The van der Waals surface area contributed by atoms with E-state index in [4.69, 9.17) is 5.73 Å². The molecule has 0 heterocycles. The highest BCUT2D eigenvalue weighted by atomic mass is 16.3. The highest BCUT2D eigenvalue weighted by Gasteiger charge is 2.20. The molecular formula is C13H19N3O3. The predicted octanol–water partition coefficient (Wildman–Crippen LogP) is 0.428. The maximum absolute atomic E-state index is 12.2.